The molecule has 1 N–H and O–H groups in total. The molecule has 0 saturated carbocycles. The second-order valence-electron chi connectivity index (χ2n) is 2.60. The van der Waals surface area contributed by atoms with Crippen molar-refractivity contribution in [1.29, 1.82) is 5.41 Å². The number of alkyl halides is 1. The SMILES string of the molecule is Cc1cc(=N)c(CF)cn1C. The molecule has 1 aromatic heterocycles. The fourth-order valence-electron chi connectivity index (χ4n) is 0.915. The molecule has 0 radical (unpaired) electrons. The number of nitrogens with zero attached hydrogens (tertiary/aromatic N) is 1. The van der Waals surface area contributed by atoms with Crippen molar-refractivity contribution >= 4 is 0 Å². The van der Waals surface area contributed by atoms with Crippen LogP contribution in [0.5, 0.6) is 0 Å². The molecule has 0 unspecified atom stereocenters. The van der Waals surface area contributed by atoms with Crippen LogP contribution in [0.2, 0.25) is 0 Å². The summed E-state index contributed by atoms with van der Waals surface area (Å²) in [5.74, 6) is 0. The predicted octanol–water partition coefficient (Wildman–Crippen LogP) is 1.28. The molecule has 2 nitrogen and oxygen atoms in total. The maximum Gasteiger partial charge on any atom is 0.118 e. The maximum atomic E-state index is 12.2. The summed E-state index contributed by atoms with van der Waals surface area (Å²) in [4.78, 5) is 0. The molecule has 0 aliphatic heterocycles. The third kappa shape index (κ3) is 1.48. The highest BCUT2D eigenvalue weighted by molar-refractivity contribution is 5.12. The molecule has 11 heavy (non-hydrogen) atoms. The second-order valence-corrected chi connectivity index (χ2v) is 2.60. The third-order valence-corrected chi connectivity index (χ3v) is 1.75. The minimum Gasteiger partial charge on any atom is -0.354 e. The second kappa shape index (κ2) is 2.86. The van der Waals surface area contributed by atoms with Gasteiger partial charge in [-0.15, -0.1) is 0 Å². The zero-order chi connectivity index (χ0) is 8.43. The topological polar surface area (TPSA) is 28.8 Å². The quantitative estimate of drug-likeness (QED) is 0.631. The lowest BCUT2D eigenvalue weighted by Crippen LogP contribution is -2.12. The summed E-state index contributed by atoms with van der Waals surface area (Å²) < 4.78 is 14.0. The molecule has 0 saturated heterocycles. The lowest BCUT2D eigenvalue weighted by molar-refractivity contribution is 0.478. The lowest BCUT2D eigenvalue weighted by atomic mass is 10.2. The van der Waals surface area contributed by atoms with E-state index in [1.165, 1.54) is 0 Å². The predicted molar refractivity (Wildman–Crippen MR) is 40.8 cm³/mol. The zero-order valence-corrected chi connectivity index (χ0v) is 6.69. The van der Waals surface area contributed by atoms with Gasteiger partial charge in [0.2, 0.25) is 0 Å². The Kier molecular flexibility index (Phi) is 2.08. The summed E-state index contributed by atoms with van der Waals surface area (Å²) in [7, 11) is 1.84. The smallest absolute Gasteiger partial charge is 0.118 e. The summed E-state index contributed by atoms with van der Waals surface area (Å²) in [5.41, 5.74) is 1.41. The molecule has 0 atom stereocenters. The van der Waals surface area contributed by atoms with Crippen LogP contribution in [0.25, 0.3) is 0 Å². The van der Waals surface area contributed by atoms with E-state index in [0.29, 0.717) is 5.56 Å². The Morgan fingerprint density at radius 2 is 2.27 bits per heavy atom. The van der Waals surface area contributed by atoms with E-state index >= 15 is 0 Å². The van der Waals surface area contributed by atoms with Crippen LogP contribution < -0.4 is 5.36 Å². The van der Waals surface area contributed by atoms with Crippen LogP contribution in [0.15, 0.2) is 12.3 Å². The van der Waals surface area contributed by atoms with E-state index in [2.05, 4.69) is 0 Å². The average molecular weight is 154 g/mol. The highest BCUT2D eigenvalue weighted by atomic mass is 19.1. The largest absolute Gasteiger partial charge is 0.354 e. The number of pyridine rings is 1. The Balaban J connectivity index is 3.32. The number of hydrogen-bond acceptors (Lipinski definition) is 1. The number of aromatic nitrogens is 1. The number of hydrogen-bond donors (Lipinski definition) is 1. The van der Waals surface area contributed by atoms with Gasteiger partial charge in [-0.25, -0.2) is 4.39 Å². The summed E-state index contributed by atoms with van der Waals surface area (Å²) in [5, 5.41) is 7.64. The van der Waals surface area contributed by atoms with Crippen molar-refractivity contribution in [3.05, 3.63) is 28.9 Å². The summed E-state index contributed by atoms with van der Waals surface area (Å²) in [6.07, 6.45) is 1.65. The van der Waals surface area contributed by atoms with Crippen molar-refractivity contribution in [1.82, 2.24) is 4.57 Å². The summed E-state index contributed by atoms with van der Waals surface area (Å²) in [6, 6.07) is 1.66. The Morgan fingerprint density at radius 3 is 2.82 bits per heavy atom. The standard InChI is InChI=1S/C8H11FN2/c1-6-3-8(10)7(4-9)5-11(6)2/h3,5,10H,4H2,1-2H3. The molecule has 0 aliphatic rings. The van der Waals surface area contributed by atoms with E-state index in [4.69, 9.17) is 5.41 Å². The van der Waals surface area contributed by atoms with Crippen molar-refractivity contribution < 1.29 is 4.39 Å². The van der Waals surface area contributed by atoms with Gasteiger partial charge in [-0.2, -0.15) is 0 Å². The molecule has 3 heteroatoms. The molecular formula is C8H11FN2. The first-order valence-corrected chi connectivity index (χ1v) is 3.42. The lowest BCUT2D eigenvalue weighted by Gasteiger charge is -2.04. The molecule has 1 aromatic rings. The highest BCUT2D eigenvalue weighted by Gasteiger charge is 1.96. The monoisotopic (exact) mass is 154 g/mol. The van der Waals surface area contributed by atoms with Crippen LogP contribution >= 0.6 is 0 Å². The molecular weight excluding hydrogens is 143 g/mol. The van der Waals surface area contributed by atoms with Gasteiger partial charge in [-0.3, -0.25) is 0 Å². The number of nitrogens with one attached hydrogen (secondary N) is 1. The molecule has 0 fully saturated rings. The molecule has 1 heterocycles. The van der Waals surface area contributed by atoms with E-state index in [1.54, 1.807) is 12.3 Å². The molecule has 0 bridgehead atoms. The van der Waals surface area contributed by atoms with Gasteiger partial charge in [-0.1, -0.05) is 0 Å². The Morgan fingerprint density at radius 1 is 1.64 bits per heavy atom. The maximum absolute atomic E-state index is 12.2. The van der Waals surface area contributed by atoms with Crippen LogP contribution in [0, 0.1) is 12.3 Å². The van der Waals surface area contributed by atoms with E-state index in [0.717, 1.165) is 5.69 Å². The van der Waals surface area contributed by atoms with Crippen LogP contribution in [0.3, 0.4) is 0 Å². The van der Waals surface area contributed by atoms with Crippen LogP contribution in [0.1, 0.15) is 11.3 Å². The van der Waals surface area contributed by atoms with Gasteiger partial charge in [0.1, 0.15) is 6.67 Å². The third-order valence-electron chi connectivity index (χ3n) is 1.75. The van der Waals surface area contributed by atoms with Crippen molar-refractivity contribution in [3.63, 3.8) is 0 Å². The van der Waals surface area contributed by atoms with Crippen molar-refractivity contribution in [2.24, 2.45) is 7.05 Å². The number of rotatable bonds is 1. The van der Waals surface area contributed by atoms with Gasteiger partial charge in [-0.05, 0) is 13.0 Å². The minimum atomic E-state index is -0.563. The van der Waals surface area contributed by atoms with Crippen LogP contribution in [0.4, 0.5) is 4.39 Å². The Bertz CT molecular complexity index is 314. The first kappa shape index (κ1) is 7.98. The van der Waals surface area contributed by atoms with Gasteiger partial charge >= 0.3 is 0 Å². The van der Waals surface area contributed by atoms with Gasteiger partial charge in [0.15, 0.2) is 0 Å². The number of halogens is 1. The van der Waals surface area contributed by atoms with Gasteiger partial charge in [0.05, 0.1) is 5.36 Å². The van der Waals surface area contributed by atoms with Crippen molar-refractivity contribution in [2.45, 2.75) is 13.6 Å². The van der Waals surface area contributed by atoms with Gasteiger partial charge < -0.3 is 9.98 Å². The normalized spacial score (nSPS) is 10.1. The Hall–Kier alpha value is -1.12. The van der Waals surface area contributed by atoms with Crippen molar-refractivity contribution in [3.8, 4) is 0 Å². The van der Waals surface area contributed by atoms with E-state index in [9.17, 15) is 4.39 Å². The fourth-order valence-corrected chi connectivity index (χ4v) is 0.915. The molecule has 0 spiro atoms. The highest BCUT2D eigenvalue weighted by Crippen LogP contribution is 1.97. The first-order chi connectivity index (χ1) is 5.15. The summed E-state index contributed by atoms with van der Waals surface area (Å²) in [6.45, 7) is 1.33. The zero-order valence-electron chi connectivity index (χ0n) is 6.69. The van der Waals surface area contributed by atoms with Crippen molar-refractivity contribution in [2.75, 3.05) is 0 Å². The molecule has 0 amide bonds. The van der Waals surface area contributed by atoms with Gasteiger partial charge in [0.25, 0.3) is 0 Å². The van der Waals surface area contributed by atoms with Gasteiger partial charge in [0, 0.05) is 24.5 Å². The van der Waals surface area contributed by atoms with E-state index < -0.39 is 6.67 Å². The van der Waals surface area contributed by atoms with E-state index in [1.807, 2.05) is 18.5 Å². The Labute approximate surface area is 64.8 Å². The first-order valence-electron chi connectivity index (χ1n) is 3.42. The molecule has 1 rings (SSSR count). The molecule has 0 aromatic carbocycles. The summed E-state index contributed by atoms with van der Waals surface area (Å²) >= 11 is 0. The van der Waals surface area contributed by atoms with Crippen LogP contribution in [-0.2, 0) is 13.7 Å². The van der Waals surface area contributed by atoms with Crippen LogP contribution in [-0.4, -0.2) is 4.57 Å². The minimum absolute atomic E-state index is 0.281. The van der Waals surface area contributed by atoms with E-state index in [-0.39, 0.29) is 5.36 Å². The molecule has 0 aliphatic carbocycles. The number of aryl methyl sites for hydroxylation is 2. The molecule has 60 valence electrons. The fraction of sp³-hybridized carbons (Fsp3) is 0.375. The average Bonchev–Trinajstić information content (AvgIpc) is 1.97.